The predicted octanol–water partition coefficient (Wildman–Crippen LogP) is 4.50. The van der Waals surface area contributed by atoms with Gasteiger partial charge in [-0.3, -0.25) is 0 Å². The number of hydrogen-bond donors (Lipinski definition) is 2. The van der Waals surface area contributed by atoms with Crippen LogP contribution in [-0.2, 0) is 10.0 Å². The Labute approximate surface area is 176 Å². The minimum absolute atomic E-state index is 0.167. The Morgan fingerprint density at radius 3 is 2.39 bits per heavy atom. The molecule has 2 N–H and O–H groups in total. The second kappa shape index (κ2) is 9.56. The molecular weight excluding hydrogens is 418 g/mol. The van der Waals surface area contributed by atoms with Crippen molar-refractivity contribution >= 4 is 50.3 Å². The quantitative estimate of drug-likeness (QED) is 0.616. The third-order valence-corrected chi connectivity index (χ3v) is 6.85. The standard InChI is InChI=1S/C19H24ClN3O3S2/c1-5-23(6-2)28(24,25)15-9-10-18(26-4)17(12-15)22-19(27)21-14-8-7-13(3)16(20)11-14/h7-12H,5-6H2,1-4H3,(H2,21,22,27). The van der Waals surface area contributed by atoms with Gasteiger partial charge in [0.25, 0.3) is 0 Å². The molecule has 0 aromatic heterocycles. The number of anilines is 2. The molecule has 0 saturated heterocycles. The molecule has 0 amide bonds. The maximum atomic E-state index is 12.8. The van der Waals surface area contributed by atoms with Crippen molar-refractivity contribution in [3.05, 3.63) is 47.0 Å². The van der Waals surface area contributed by atoms with E-state index in [-0.39, 0.29) is 10.0 Å². The fourth-order valence-electron chi connectivity index (χ4n) is 2.61. The molecule has 0 aliphatic rings. The summed E-state index contributed by atoms with van der Waals surface area (Å²) in [6.45, 7) is 6.30. The Kier molecular flexibility index (Phi) is 7.65. The molecule has 2 aromatic rings. The molecule has 0 bridgehead atoms. The summed E-state index contributed by atoms with van der Waals surface area (Å²) in [5.41, 5.74) is 2.13. The van der Waals surface area contributed by atoms with Crippen molar-refractivity contribution in [2.75, 3.05) is 30.8 Å². The summed E-state index contributed by atoms with van der Waals surface area (Å²) in [4.78, 5) is 0.167. The van der Waals surface area contributed by atoms with E-state index in [0.717, 1.165) is 11.3 Å². The van der Waals surface area contributed by atoms with Crippen LogP contribution in [0.2, 0.25) is 5.02 Å². The number of methoxy groups -OCH3 is 1. The molecule has 0 unspecified atom stereocenters. The van der Waals surface area contributed by atoms with Crippen LogP contribution in [0.15, 0.2) is 41.3 Å². The van der Waals surface area contributed by atoms with Gasteiger partial charge in [0.2, 0.25) is 10.0 Å². The summed E-state index contributed by atoms with van der Waals surface area (Å²) < 4.78 is 32.3. The number of ether oxygens (including phenoxy) is 1. The van der Waals surface area contributed by atoms with E-state index in [1.54, 1.807) is 26.0 Å². The zero-order valence-electron chi connectivity index (χ0n) is 16.2. The minimum Gasteiger partial charge on any atom is -0.495 e. The van der Waals surface area contributed by atoms with Crippen LogP contribution in [0.1, 0.15) is 19.4 Å². The first kappa shape index (κ1) is 22.4. The van der Waals surface area contributed by atoms with E-state index in [4.69, 9.17) is 28.6 Å². The van der Waals surface area contributed by atoms with Crippen molar-refractivity contribution in [1.29, 1.82) is 0 Å². The second-order valence-electron chi connectivity index (χ2n) is 5.99. The van der Waals surface area contributed by atoms with Gasteiger partial charge in [-0.05, 0) is 55.0 Å². The van der Waals surface area contributed by atoms with Gasteiger partial charge in [-0.25, -0.2) is 8.42 Å². The van der Waals surface area contributed by atoms with Crippen molar-refractivity contribution in [2.24, 2.45) is 0 Å². The van der Waals surface area contributed by atoms with E-state index in [9.17, 15) is 8.42 Å². The lowest BCUT2D eigenvalue weighted by Gasteiger charge is -2.20. The largest absolute Gasteiger partial charge is 0.495 e. The van der Waals surface area contributed by atoms with E-state index in [1.807, 2.05) is 19.1 Å². The Morgan fingerprint density at radius 2 is 1.82 bits per heavy atom. The highest BCUT2D eigenvalue weighted by atomic mass is 35.5. The lowest BCUT2D eigenvalue weighted by atomic mass is 10.2. The van der Waals surface area contributed by atoms with Gasteiger partial charge in [-0.15, -0.1) is 0 Å². The average molecular weight is 442 g/mol. The molecule has 0 spiro atoms. The summed E-state index contributed by atoms with van der Waals surface area (Å²) in [5, 5.41) is 6.94. The first-order chi connectivity index (χ1) is 13.2. The molecule has 0 heterocycles. The fraction of sp³-hybridized carbons (Fsp3) is 0.316. The molecule has 0 radical (unpaired) electrons. The molecule has 28 heavy (non-hydrogen) atoms. The van der Waals surface area contributed by atoms with Crippen molar-refractivity contribution in [2.45, 2.75) is 25.7 Å². The molecular formula is C19H24ClN3O3S2. The first-order valence-corrected chi connectivity index (χ1v) is 11.0. The van der Waals surface area contributed by atoms with Gasteiger partial charge in [0.1, 0.15) is 5.75 Å². The third kappa shape index (κ3) is 5.14. The lowest BCUT2D eigenvalue weighted by Crippen LogP contribution is -2.30. The molecule has 9 heteroatoms. The van der Waals surface area contributed by atoms with Gasteiger partial charge in [-0.1, -0.05) is 31.5 Å². The number of sulfonamides is 1. The number of rotatable bonds is 7. The van der Waals surface area contributed by atoms with E-state index >= 15 is 0 Å². The number of nitrogens with zero attached hydrogens (tertiary/aromatic N) is 1. The Balaban J connectivity index is 2.28. The van der Waals surface area contributed by atoms with Crippen LogP contribution >= 0.6 is 23.8 Å². The molecule has 0 atom stereocenters. The molecule has 2 rings (SSSR count). The Hall–Kier alpha value is -1.87. The van der Waals surface area contributed by atoms with Crippen LogP contribution in [0.4, 0.5) is 11.4 Å². The number of thiocarbonyl (C=S) groups is 1. The maximum Gasteiger partial charge on any atom is 0.243 e. The second-order valence-corrected chi connectivity index (χ2v) is 8.75. The number of halogens is 1. The summed E-state index contributed by atoms with van der Waals surface area (Å²) >= 11 is 11.5. The SMILES string of the molecule is CCN(CC)S(=O)(=O)c1ccc(OC)c(NC(=S)Nc2ccc(C)c(Cl)c2)c1. The Morgan fingerprint density at radius 1 is 1.14 bits per heavy atom. The molecule has 0 fully saturated rings. The van der Waals surface area contributed by atoms with Gasteiger partial charge in [0.15, 0.2) is 5.11 Å². The third-order valence-electron chi connectivity index (χ3n) is 4.19. The van der Waals surface area contributed by atoms with Gasteiger partial charge in [0, 0.05) is 23.8 Å². The van der Waals surface area contributed by atoms with Crippen LogP contribution in [0, 0.1) is 6.92 Å². The highest BCUT2D eigenvalue weighted by molar-refractivity contribution is 7.89. The van der Waals surface area contributed by atoms with Crippen molar-refractivity contribution in [3.63, 3.8) is 0 Å². The van der Waals surface area contributed by atoms with Crippen LogP contribution < -0.4 is 15.4 Å². The first-order valence-electron chi connectivity index (χ1n) is 8.75. The molecule has 2 aromatic carbocycles. The van der Waals surface area contributed by atoms with Crippen LogP contribution in [0.5, 0.6) is 5.75 Å². The smallest absolute Gasteiger partial charge is 0.243 e. The minimum atomic E-state index is -3.60. The van der Waals surface area contributed by atoms with Gasteiger partial charge < -0.3 is 15.4 Å². The fourth-order valence-corrected chi connectivity index (χ4v) is 4.51. The maximum absolute atomic E-state index is 12.8. The van der Waals surface area contributed by atoms with Crippen molar-refractivity contribution in [3.8, 4) is 5.75 Å². The van der Waals surface area contributed by atoms with Gasteiger partial charge in [-0.2, -0.15) is 4.31 Å². The Bertz CT molecular complexity index is 961. The van der Waals surface area contributed by atoms with E-state index in [2.05, 4.69) is 10.6 Å². The highest BCUT2D eigenvalue weighted by Crippen LogP contribution is 2.29. The zero-order chi connectivity index (χ0) is 20.9. The van der Waals surface area contributed by atoms with E-state index < -0.39 is 10.0 Å². The summed E-state index contributed by atoms with van der Waals surface area (Å²) in [6, 6.07) is 10.1. The molecule has 6 nitrogen and oxygen atoms in total. The molecule has 0 aliphatic heterocycles. The number of nitrogens with one attached hydrogen (secondary N) is 2. The topological polar surface area (TPSA) is 70.7 Å². The molecule has 0 aliphatic carbocycles. The summed E-state index contributed by atoms with van der Waals surface area (Å²) in [5.74, 6) is 0.476. The molecule has 152 valence electrons. The monoisotopic (exact) mass is 441 g/mol. The number of benzene rings is 2. The van der Waals surface area contributed by atoms with E-state index in [0.29, 0.717) is 29.5 Å². The van der Waals surface area contributed by atoms with Crippen molar-refractivity contribution < 1.29 is 13.2 Å². The lowest BCUT2D eigenvalue weighted by molar-refractivity contribution is 0.416. The zero-order valence-corrected chi connectivity index (χ0v) is 18.6. The predicted molar refractivity (Wildman–Crippen MR) is 119 cm³/mol. The molecule has 0 saturated carbocycles. The number of hydrogen-bond acceptors (Lipinski definition) is 4. The van der Waals surface area contributed by atoms with Gasteiger partial charge in [0.05, 0.1) is 17.7 Å². The van der Waals surface area contributed by atoms with E-state index in [1.165, 1.54) is 23.5 Å². The van der Waals surface area contributed by atoms with Crippen LogP contribution in [0.3, 0.4) is 0 Å². The average Bonchev–Trinajstić information content (AvgIpc) is 2.65. The highest BCUT2D eigenvalue weighted by Gasteiger charge is 2.23. The summed E-state index contributed by atoms with van der Waals surface area (Å²) in [7, 11) is -2.09. The van der Waals surface area contributed by atoms with Crippen molar-refractivity contribution in [1.82, 2.24) is 4.31 Å². The van der Waals surface area contributed by atoms with Crippen LogP contribution in [-0.4, -0.2) is 38.0 Å². The van der Waals surface area contributed by atoms with Crippen LogP contribution in [0.25, 0.3) is 0 Å². The normalized spacial score (nSPS) is 11.4. The van der Waals surface area contributed by atoms with Gasteiger partial charge >= 0.3 is 0 Å². The summed E-state index contributed by atoms with van der Waals surface area (Å²) in [6.07, 6.45) is 0. The number of aryl methyl sites for hydroxylation is 1.